The third-order valence-electron chi connectivity index (χ3n) is 4.78. The number of nitro benzene ring substituents is 1. The van der Waals surface area contributed by atoms with Gasteiger partial charge < -0.3 is 9.47 Å². The molecule has 0 amide bonds. The van der Waals surface area contributed by atoms with Crippen LogP contribution in [0.1, 0.15) is 20.7 Å². The molecule has 1 aromatic heterocycles. The van der Waals surface area contributed by atoms with Gasteiger partial charge in [0, 0.05) is 17.0 Å². The van der Waals surface area contributed by atoms with Gasteiger partial charge in [0.25, 0.3) is 0 Å². The molecule has 1 heterocycles. The van der Waals surface area contributed by atoms with Crippen LogP contribution < -0.4 is 4.74 Å². The van der Waals surface area contributed by atoms with Gasteiger partial charge in [0.1, 0.15) is 10.9 Å². The van der Waals surface area contributed by atoms with Crippen molar-refractivity contribution < 1.29 is 24.0 Å². The van der Waals surface area contributed by atoms with Crippen LogP contribution in [0, 0.1) is 10.1 Å². The Morgan fingerprint density at radius 1 is 0.971 bits per heavy atom. The first-order chi connectivity index (χ1) is 16.3. The number of hydrogen-bond acceptors (Lipinski definition) is 7. The quantitative estimate of drug-likeness (QED) is 0.0972. The highest BCUT2D eigenvalue weighted by Crippen LogP contribution is 2.37. The lowest BCUT2D eigenvalue weighted by Crippen LogP contribution is -2.14. The Hall–Kier alpha value is -4.01. The Labute approximate surface area is 202 Å². The fourth-order valence-corrected chi connectivity index (χ4v) is 3.58. The van der Waals surface area contributed by atoms with E-state index in [1.54, 1.807) is 24.3 Å². The van der Waals surface area contributed by atoms with Crippen LogP contribution in [0.4, 0.5) is 5.69 Å². The number of Topliss-reactive ketones (excluding diaryl/α,β-unsaturated/α-hetero) is 1. The Balaban J connectivity index is 1.44. The number of carbonyl (C=O) groups excluding carboxylic acids is 2. The normalized spacial score (nSPS) is 10.6. The van der Waals surface area contributed by atoms with Gasteiger partial charge >= 0.3 is 11.7 Å². The maximum Gasteiger partial charge on any atom is 0.339 e. The zero-order valence-corrected chi connectivity index (χ0v) is 18.7. The minimum Gasteiger partial charge on any atom is -0.454 e. The number of carbonyl (C=O) groups is 2. The summed E-state index contributed by atoms with van der Waals surface area (Å²) in [4.78, 5) is 39.8. The highest BCUT2D eigenvalue weighted by atomic mass is 35.5. The lowest BCUT2D eigenvalue weighted by atomic mass is 10.1. The molecule has 0 fully saturated rings. The van der Waals surface area contributed by atoms with E-state index in [0.29, 0.717) is 10.9 Å². The summed E-state index contributed by atoms with van der Waals surface area (Å²) in [6, 6.07) is 18.3. The molecule has 0 saturated heterocycles. The van der Waals surface area contributed by atoms with E-state index in [1.165, 1.54) is 48.5 Å². The highest BCUT2D eigenvalue weighted by molar-refractivity contribution is 6.32. The number of ketones is 1. The van der Waals surface area contributed by atoms with Crippen molar-refractivity contribution >= 4 is 51.5 Å². The number of esters is 1. The van der Waals surface area contributed by atoms with Crippen molar-refractivity contribution in [3.05, 3.63) is 104 Å². The van der Waals surface area contributed by atoms with E-state index in [2.05, 4.69) is 4.98 Å². The molecular weight excluding hydrogens is 483 g/mol. The van der Waals surface area contributed by atoms with Crippen LogP contribution in [0.2, 0.25) is 10.2 Å². The number of aromatic nitrogens is 1. The summed E-state index contributed by atoms with van der Waals surface area (Å²) >= 11 is 12.0. The van der Waals surface area contributed by atoms with E-state index >= 15 is 0 Å². The number of ether oxygens (including phenoxy) is 2. The molecule has 170 valence electrons. The monoisotopic (exact) mass is 496 g/mol. The smallest absolute Gasteiger partial charge is 0.339 e. The number of hydrogen-bond donors (Lipinski definition) is 0. The van der Waals surface area contributed by atoms with E-state index < -0.39 is 23.3 Å². The van der Waals surface area contributed by atoms with Gasteiger partial charge in [0.2, 0.25) is 5.75 Å². The fraction of sp³-hybridized carbons (Fsp3) is 0.0417. The summed E-state index contributed by atoms with van der Waals surface area (Å²) in [5.41, 5.74) is 0.700. The van der Waals surface area contributed by atoms with E-state index in [4.69, 9.17) is 32.7 Å². The van der Waals surface area contributed by atoms with Crippen molar-refractivity contribution in [1.82, 2.24) is 4.98 Å². The van der Waals surface area contributed by atoms with Gasteiger partial charge in [-0.2, -0.15) is 0 Å². The first kappa shape index (κ1) is 23.2. The Kier molecular flexibility index (Phi) is 6.72. The number of fused-ring (bicyclic) bond motifs is 1. The van der Waals surface area contributed by atoms with Crippen LogP contribution in [0.25, 0.3) is 10.9 Å². The summed E-state index contributed by atoms with van der Waals surface area (Å²) < 4.78 is 10.7. The lowest BCUT2D eigenvalue weighted by molar-refractivity contribution is -0.385. The van der Waals surface area contributed by atoms with Crippen LogP contribution in [0.5, 0.6) is 11.5 Å². The van der Waals surface area contributed by atoms with E-state index in [-0.39, 0.29) is 38.5 Å². The first-order valence-electron chi connectivity index (χ1n) is 9.80. The zero-order valence-electron chi connectivity index (χ0n) is 17.2. The molecule has 0 aliphatic rings. The second-order valence-corrected chi connectivity index (χ2v) is 7.78. The van der Waals surface area contributed by atoms with E-state index in [9.17, 15) is 19.7 Å². The Morgan fingerprint density at radius 2 is 1.71 bits per heavy atom. The van der Waals surface area contributed by atoms with Crippen molar-refractivity contribution in [2.24, 2.45) is 0 Å². The number of benzene rings is 3. The van der Waals surface area contributed by atoms with Crippen LogP contribution in [-0.4, -0.2) is 28.3 Å². The predicted octanol–water partition coefficient (Wildman–Crippen LogP) is 6.28. The maximum atomic E-state index is 12.6. The predicted molar refractivity (Wildman–Crippen MR) is 126 cm³/mol. The van der Waals surface area contributed by atoms with Gasteiger partial charge in [-0.1, -0.05) is 47.5 Å². The Bertz CT molecular complexity index is 1420. The summed E-state index contributed by atoms with van der Waals surface area (Å²) in [6.45, 7) is -0.497. The van der Waals surface area contributed by atoms with Crippen molar-refractivity contribution in [2.45, 2.75) is 0 Å². The molecule has 0 aliphatic carbocycles. The van der Waals surface area contributed by atoms with Crippen molar-refractivity contribution in [2.75, 3.05) is 6.61 Å². The topological polar surface area (TPSA) is 109 Å². The molecule has 10 heteroatoms. The van der Waals surface area contributed by atoms with Gasteiger partial charge in [0.15, 0.2) is 12.4 Å². The van der Waals surface area contributed by atoms with Crippen LogP contribution >= 0.6 is 23.2 Å². The first-order valence-corrected chi connectivity index (χ1v) is 10.6. The molecule has 0 aliphatic heterocycles. The van der Waals surface area contributed by atoms with Crippen LogP contribution in [0.15, 0.2) is 72.8 Å². The van der Waals surface area contributed by atoms with E-state index in [1.807, 2.05) is 0 Å². The third-order valence-corrected chi connectivity index (χ3v) is 5.27. The summed E-state index contributed by atoms with van der Waals surface area (Å²) in [5.74, 6) is -1.03. The molecule has 8 nitrogen and oxygen atoms in total. The van der Waals surface area contributed by atoms with Gasteiger partial charge in [-0.25, -0.2) is 9.78 Å². The zero-order chi connectivity index (χ0) is 24.2. The minimum atomic E-state index is -0.708. The largest absolute Gasteiger partial charge is 0.454 e. The van der Waals surface area contributed by atoms with Gasteiger partial charge in [-0.15, -0.1) is 0 Å². The second-order valence-electron chi connectivity index (χ2n) is 6.98. The van der Waals surface area contributed by atoms with E-state index in [0.717, 1.165) is 0 Å². The van der Waals surface area contributed by atoms with Gasteiger partial charge in [0.05, 0.1) is 21.0 Å². The van der Waals surface area contributed by atoms with Gasteiger partial charge in [-0.3, -0.25) is 14.9 Å². The molecule has 4 rings (SSSR count). The standard InChI is InChI=1S/C24H14Cl2N2O6/c25-18-5-3-7-20(28(31)32)23(18)34-15-10-8-14(9-11-15)21(29)13-33-24(30)17-12-22(26)27-19-6-2-1-4-16(17)19/h1-12H,13H2. The maximum absolute atomic E-state index is 12.6. The molecule has 0 bridgehead atoms. The average molecular weight is 497 g/mol. The SMILES string of the molecule is O=C(COC(=O)c1cc(Cl)nc2ccccc12)c1ccc(Oc2c(Cl)cccc2[N+](=O)[O-])cc1. The molecule has 0 saturated carbocycles. The van der Waals surface area contributed by atoms with Crippen LogP contribution in [-0.2, 0) is 4.74 Å². The summed E-state index contributed by atoms with van der Waals surface area (Å²) in [5, 5.41) is 12.0. The summed E-state index contributed by atoms with van der Waals surface area (Å²) in [6.07, 6.45) is 0. The molecule has 0 radical (unpaired) electrons. The molecular formula is C24H14Cl2N2O6. The Morgan fingerprint density at radius 3 is 2.44 bits per heavy atom. The van der Waals surface area contributed by atoms with Crippen LogP contribution in [0.3, 0.4) is 0 Å². The number of rotatable bonds is 7. The number of para-hydroxylation sites is 2. The lowest BCUT2D eigenvalue weighted by Gasteiger charge is -2.09. The molecule has 0 N–H and O–H groups in total. The van der Waals surface area contributed by atoms with Crippen molar-refractivity contribution in [3.8, 4) is 11.5 Å². The molecule has 0 atom stereocenters. The number of halogens is 2. The number of pyridine rings is 1. The van der Waals surface area contributed by atoms with Crippen molar-refractivity contribution in [3.63, 3.8) is 0 Å². The summed E-state index contributed by atoms with van der Waals surface area (Å²) in [7, 11) is 0. The average Bonchev–Trinajstić information content (AvgIpc) is 2.83. The second kappa shape index (κ2) is 9.86. The molecule has 0 unspecified atom stereocenters. The minimum absolute atomic E-state index is 0.0741. The fourth-order valence-electron chi connectivity index (χ4n) is 3.17. The molecule has 0 spiro atoms. The molecule has 4 aromatic rings. The van der Waals surface area contributed by atoms with Gasteiger partial charge in [-0.05, 0) is 42.5 Å². The molecule has 34 heavy (non-hydrogen) atoms. The number of nitrogens with zero attached hydrogens (tertiary/aromatic N) is 2. The van der Waals surface area contributed by atoms with Crippen molar-refractivity contribution in [1.29, 1.82) is 0 Å². The number of nitro groups is 1. The highest BCUT2D eigenvalue weighted by Gasteiger charge is 2.20. The molecule has 3 aromatic carbocycles. The third kappa shape index (κ3) is 4.98.